The van der Waals surface area contributed by atoms with Crippen molar-refractivity contribution in [2.75, 3.05) is 25.6 Å². The van der Waals surface area contributed by atoms with Crippen LogP contribution in [0.3, 0.4) is 0 Å². The molecule has 0 aromatic heterocycles. The number of methoxy groups -OCH3 is 1. The Bertz CT molecular complexity index is 781. The molecule has 1 N–H and O–H groups in total. The van der Waals surface area contributed by atoms with Crippen molar-refractivity contribution in [3.8, 4) is 17.2 Å². The van der Waals surface area contributed by atoms with Gasteiger partial charge in [-0.15, -0.1) is 0 Å². The molecule has 2 aromatic carbocycles. The molecule has 0 radical (unpaired) electrons. The molecule has 2 aromatic rings. The number of ether oxygens (including phenoxy) is 3. The molecule has 0 spiro atoms. The van der Waals surface area contributed by atoms with E-state index in [9.17, 15) is 4.79 Å². The normalized spacial score (nSPS) is 12.9. The molecule has 0 aliphatic carbocycles. The Hall–Kier alpha value is -2.95. The van der Waals surface area contributed by atoms with Crippen LogP contribution in [0.1, 0.15) is 18.1 Å². The fourth-order valence-electron chi connectivity index (χ4n) is 2.61. The number of hydrogen-bond acceptors (Lipinski definition) is 4. The summed E-state index contributed by atoms with van der Waals surface area (Å²) in [6.45, 7) is 3.07. The van der Waals surface area contributed by atoms with Crippen LogP contribution in [0, 0.1) is 0 Å². The molecule has 0 saturated heterocycles. The van der Waals surface area contributed by atoms with E-state index in [1.807, 2.05) is 36.4 Å². The van der Waals surface area contributed by atoms with E-state index in [1.54, 1.807) is 13.2 Å². The van der Waals surface area contributed by atoms with Gasteiger partial charge in [-0.25, -0.2) is 0 Å². The molecule has 0 atom stereocenters. The summed E-state index contributed by atoms with van der Waals surface area (Å²) in [5.41, 5.74) is 2.77. The third-order valence-electron chi connectivity index (χ3n) is 3.88. The van der Waals surface area contributed by atoms with E-state index in [4.69, 9.17) is 14.2 Å². The van der Waals surface area contributed by atoms with Gasteiger partial charge in [-0.2, -0.15) is 0 Å². The number of amides is 1. The van der Waals surface area contributed by atoms with Crippen LogP contribution >= 0.6 is 0 Å². The number of aryl methyl sites for hydroxylation is 1. The van der Waals surface area contributed by atoms with E-state index in [-0.39, 0.29) is 5.91 Å². The molecule has 25 heavy (non-hydrogen) atoms. The lowest BCUT2D eigenvalue weighted by atomic mass is 10.1. The van der Waals surface area contributed by atoms with Crippen molar-refractivity contribution < 1.29 is 19.0 Å². The molecule has 0 bridgehead atoms. The first kappa shape index (κ1) is 16.9. The van der Waals surface area contributed by atoms with Crippen molar-refractivity contribution in [1.82, 2.24) is 0 Å². The number of benzene rings is 2. The van der Waals surface area contributed by atoms with Gasteiger partial charge >= 0.3 is 0 Å². The van der Waals surface area contributed by atoms with Crippen molar-refractivity contribution in [3.05, 3.63) is 53.6 Å². The van der Waals surface area contributed by atoms with E-state index in [0.717, 1.165) is 17.7 Å². The van der Waals surface area contributed by atoms with Crippen molar-refractivity contribution in [1.29, 1.82) is 0 Å². The third-order valence-corrected chi connectivity index (χ3v) is 3.88. The van der Waals surface area contributed by atoms with Gasteiger partial charge in [0.25, 0.3) is 0 Å². The standard InChI is InChI=1S/C20H21NO4/c1-3-14-5-4-6-16(11-14)21-19(22)8-7-15-12-17(23-2)20-18(13-15)24-9-10-25-20/h4-8,11-13H,3,9-10H2,1-2H3,(H,21,22). The summed E-state index contributed by atoms with van der Waals surface area (Å²) >= 11 is 0. The predicted octanol–water partition coefficient (Wildman–Crippen LogP) is 3.68. The van der Waals surface area contributed by atoms with Crippen molar-refractivity contribution in [2.24, 2.45) is 0 Å². The summed E-state index contributed by atoms with van der Waals surface area (Å²) in [6, 6.07) is 11.5. The SMILES string of the molecule is CCc1cccc(NC(=O)C=Cc2cc(OC)c3c(c2)OCCO3)c1. The second-order valence-corrected chi connectivity index (χ2v) is 5.62. The van der Waals surface area contributed by atoms with E-state index in [2.05, 4.69) is 12.2 Å². The Labute approximate surface area is 147 Å². The first-order valence-corrected chi connectivity index (χ1v) is 8.25. The van der Waals surface area contributed by atoms with Crippen LogP contribution in [0.25, 0.3) is 6.08 Å². The van der Waals surface area contributed by atoms with E-state index < -0.39 is 0 Å². The largest absolute Gasteiger partial charge is 0.493 e. The number of anilines is 1. The second-order valence-electron chi connectivity index (χ2n) is 5.62. The molecule has 1 amide bonds. The monoisotopic (exact) mass is 339 g/mol. The first-order valence-electron chi connectivity index (χ1n) is 8.25. The number of hydrogen-bond donors (Lipinski definition) is 1. The minimum atomic E-state index is -0.192. The van der Waals surface area contributed by atoms with Crippen LogP contribution in [0.15, 0.2) is 42.5 Å². The lowest BCUT2D eigenvalue weighted by molar-refractivity contribution is -0.111. The summed E-state index contributed by atoms with van der Waals surface area (Å²) in [4.78, 5) is 12.1. The van der Waals surface area contributed by atoms with Crippen LogP contribution in [0.4, 0.5) is 5.69 Å². The smallest absolute Gasteiger partial charge is 0.248 e. The minimum absolute atomic E-state index is 0.192. The van der Waals surface area contributed by atoms with Crippen LogP contribution in [0.2, 0.25) is 0 Å². The molecule has 3 rings (SSSR count). The van der Waals surface area contributed by atoms with Gasteiger partial charge in [-0.1, -0.05) is 19.1 Å². The highest BCUT2D eigenvalue weighted by molar-refractivity contribution is 6.02. The second kappa shape index (κ2) is 7.75. The molecule has 5 nitrogen and oxygen atoms in total. The van der Waals surface area contributed by atoms with Gasteiger partial charge in [-0.3, -0.25) is 4.79 Å². The lowest BCUT2D eigenvalue weighted by Crippen LogP contribution is -2.16. The van der Waals surface area contributed by atoms with E-state index in [0.29, 0.717) is 30.5 Å². The third kappa shape index (κ3) is 4.12. The summed E-state index contributed by atoms with van der Waals surface area (Å²) in [5.74, 6) is 1.63. The summed E-state index contributed by atoms with van der Waals surface area (Å²) in [5, 5.41) is 2.86. The quantitative estimate of drug-likeness (QED) is 0.844. The molecule has 0 saturated carbocycles. The van der Waals surface area contributed by atoms with Crippen molar-refractivity contribution in [3.63, 3.8) is 0 Å². The zero-order chi connectivity index (χ0) is 17.6. The Morgan fingerprint density at radius 2 is 2.08 bits per heavy atom. The number of carbonyl (C=O) groups is 1. The van der Waals surface area contributed by atoms with Crippen molar-refractivity contribution >= 4 is 17.7 Å². The Morgan fingerprint density at radius 1 is 1.24 bits per heavy atom. The van der Waals surface area contributed by atoms with E-state index in [1.165, 1.54) is 11.6 Å². The van der Waals surface area contributed by atoms with Gasteiger partial charge < -0.3 is 19.5 Å². The first-order chi connectivity index (χ1) is 12.2. The van der Waals surface area contributed by atoms with Gasteiger partial charge in [-0.05, 0) is 47.9 Å². The molecule has 130 valence electrons. The maximum Gasteiger partial charge on any atom is 0.248 e. The predicted molar refractivity (Wildman–Crippen MR) is 97.5 cm³/mol. The number of carbonyl (C=O) groups excluding carboxylic acids is 1. The number of nitrogens with one attached hydrogen (secondary N) is 1. The lowest BCUT2D eigenvalue weighted by Gasteiger charge is -2.20. The fraction of sp³-hybridized carbons (Fsp3) is 0.250. The van der Waals surface area contributed by atoms with Crippen molar-refractivity contribution in [2.45, 2.75) is 13.3 Å². The highest BCUT2D eigenvalue weighted by Gasteiger charge is 2.17. The molecular formula is C20H21NO4. The molecule has 5 heteroatoms. The molecule has 0 fully saturated rings. The van der Waals surface area contributed by atoms with Gasteiger partial charge in [0.05, 0.1) is 7.11 Å². The van der Waals surface area contributed by atoms with Gasteiger partial charge in [0.15, 0.2) is 11.5 Å². The van der Waals surface area contributed by atoms with E-state index >= 15 is 0 Å². The Kier molecular flexibility index (Phi) is 5.23. The Balaban J connectivity index is 1.73. The van der Waals surface area contributed by atoms with Gasteiger partial charge in [0.1, 0.15) is 13.2 Å². The molecule has 1 aliphatic heterocycles. The van der Waals surface area contributed by atoms with Crippen LogP contribution in [-0.2, 0) is 11.2 Å². The fourth-order valence-corrected chi connectivity index (χ4v) is 2.61. The maximum absolute atomic E-state index is 12.1. The zero-order valence-corrected chi connectivity index (χ0v) is 14.4. The highest BCUT2D eigenvalue weighted by atomic mass is 16.6. The van der Waals surface area contributed by atoms with Crippen LogP contribution < -0.4 is 19.5 Å². The zero-order valence-electron chi connectivity index (χ0n) is 14.4. The minimum Gasteiger partial charge on any atom is -0.493 e. The molecule has 1 heterocycles. The maximum atomic E-state index is 12.1. The Morgan fingerprint density at radius 3 is 2.88 bits per heavy atom. The summed E-state index contributed by atoms with van der Waals surface area (Å²) < 4.78 is 16.5. The summed E-state index contributed by atoms with van der Waals surface area (Å²) in [6.07, 6.45) is 4.14. The molecule has 0 unspecified atom stereocenters. The number of fused-ring (bicyclic) bond motifs is 1. The average Bonchev–Trinajstić information content (AvgIpc) is 2.65. The van der Waals surface area contributed by atoms with Gasteiger partial charge in [0, 0.05) is 11.8 Å². The number of rotatable bonds is 5. The molecular weight excluding hydrogens is 318 g/mol. The average molecular weight is 339 g/mol. The van der Waals surface area contributed by atoms with Crippen LogP contribution in [0.5, 0.6) is 17.2 Å². The molecule has 1 aliphatic rings. The van der Waals surface area contributed by atoms with Gasteiger partial charge in [0.2, 0.25) is 11.7 Å². The highest BCUT2D eigenvalue weighted by Crippen LogP contribution is 2.40. The topological polar surface area (TPSA) is 56.8 Å². The summed E-state index contributed by atoms with van der Waals surface area (Å²) in [7, 11) is 1.58. The van der Waals surface area contributed by atoms with Crippen LogP contribution in [-0.4, -0.2) is 26.2 Å².